The minimum atomic E-state index is -0.232. The van der Waals surface area contributed by atoms with Crippen LogP contribution in [0.25, 0.3) is 0 Å². The van der Waals surface area contributed by atoms with Gasteiger partial charge in [0.05, 0.1) is 12.2 Å². The number of hydrogen-bond acceptors (Lipinski definition) is 5. The molecule has 10 heteroatoms. The second kappa shape index (κ2) is 11.1. The zero-order chi connectivity index (χ0) is 20.1. The number of rotatable bonds is 5. The fraction of sp³-hybridized carbons (Fsp3) is 0.737. The first-order chi connectivity index (χ1) is 13.5. The Balaban J connectivity index is 0.00000300. The molecule has 0 radical (unpaired) electrons. The van der Waals surface area contributed by atoms with E-state index >= 15 is 0 Å². The first-order valence-electron chi connectivity index (χ1n) is 10.0. The van der Waals surface area contributed by atoms with Crippen LogP contribution in [0.5, 0.6) is 0 Å². The number of hydrogen-bond donors (Lipinski definition) is 1. The number of aromatic nitrogens is 2. The lowest BCUT2D eigenvalue weighted by atomic mass is 10.1. The van der Waals surface area contributed by atoms with Crippen molar-refractivity contribution in [1.29, 1.82) is 0 Å². The third-order valence-electron chi connectivity index (χ3n) is 5.49. The average Bonchev–Trinajstić information content (AvgIpc) is 3.37. The average molecular weight is 519 g/mol. The van der Waals surface area contributed by atoms with E-state index in [1.165, 1.54) is 5.56 Å². The molecule has 2 aliphatic heterocycles. The predicted octanol–water partition coefficient (Wildman–Crippen LogP) is 0.539. The molecule has 1 aromatic rings. The molecule has 0 saturated carbocycles. The van der Waals surface area contributed by atoms with E-state index in [2.05, 4.69) is 39.3 Å². The van der Waals surface area contributed by atoms with Crippen molar-refractivity contribution >= 4 is 35.8 Å². The third-order valence-corrected chi connectivity index (χ3v) is 5.49. The summed E-state index contributed by atoms with van der Waals surface area (Å²) in [5.41, 5.74) is 1.17. The van der Waals surface area contributed by atoms with Crippen LogP contribution in [0.15, 0.2) is 17.4 Å². The Bertz CT molecular complexity index is 680. The monoisotopic (exact) mass is 519 g/mol. The van der Waals surface area contributed by atoms with Gasteiger partial charge in [-0.05, 0) is 26.9 Å². The third kappa shape index (κ3) is 6.05. The Labute approximate surface area is 190 Å². The Morgan fingerprint density at radius 3 is 2.55 bits per heavy atom. The summed E-state index contributed by atoms with van der Waals surface area (Å²) in [6, 6.07) is 0.202. The molecule has 164 valence electrons. The maximum absolute atomic E-state index is 12.5. The van der Waals surface area contributed by atoms with Gasteiger partial charge in [0.15, 0.2) is 5.96 Å². The summed E-state index contributed by atoms with van der Waals surface area (Å²) in [5.74, 6) is 1.02. The Kier molecular flexibility index (Phi) is 9.15. The highest BCUT2D eigenvalue weighted by atomic mass is 127. The normalized spacial score (nSPS) is 21.3. The largest absolute Gasteiger partial charge is 0.368 e. The van der Waals surface area contributed by atoms with Crippen molar-refractivity contribution in [2.24, 2.45) is 12.0 Å². The summed E-state index contributed by atoms with van der Waals surface area (Å²) in [6.07, 6.45) is 5.55. The number of aryl methyl sites for hydroxylation is 1. The lowest BCUT2D eigenvalue weighted by molar-refractivity contribution is -0.142. The van der Waals surface area contributed by atoms with E-state index in [0.29, 0.717) is 19.7 Å². The van der Waals surface area contributed by atoms with Gasteiger partial charge in [-0.25, -0.2) is 0 Å². The first-order valence-corrected chi connectivity index (χ1v) is 10.0. The van der Waals surface area contributed by atoms with Crippen molar-refractivity contribution in [3.63, 3.8) is 0 Å². The van der Waals surface area contributed by atoms with E-state index in [1.54, 1.807) is 7.05 Å². The van der Waals surface area contributed by atoms with E-state index in [4.69, 9.17) is 4.74 Å². The predicted molar refractivity (Wildman–Crippen MR) is 124 cm³/mol. The number of nitrogens with zero attached hydrogens (tertiary/aromatic N) is 6. The van der Waals surface area contributed by atoms with E-state index in [1.807, 2.05) is 29.0 Å². The minimum absolute atomic E-state index is 0. The smallest absolute Gasteiger partial charge is 0.251 e. The van der Waals surface area contributed by atoms with Crippen LogP contribution >= 0.6 is 24.0 Å². The second-order valence-corrected chi connectivity index (χ2v) is 7.67. The molecule has 0 aromatic carbocycles. The fourth-order valence-corrected chi connectivity index (χ4v) is 3.85. The molecule has 1 N–H and O–H groups in total. The summed E-state index contributed by atoms with van der Waals surface area (Å²) >= 11 is 0. The standard InChI is InChI=1S/C19H33N7O2.HI/c1-20-19(21-13-16(23(2)3)15-12-22-24(4)14-15)26-9-7-25(8-10-26)18(27)17-6-5-11-28-17;/h12,14,16-17H,5-11,13H2,1-4H3,(H,20,21);1H. The van der Waals surface area contributed by atoms with Crippen LogP contribution < -0.4 is 5.32 Å². The molecule has 3 rings (SSSR count). The molecule has 2 saturated heterocycles. The fourth-order valence-electron chi connectivity index (χ4n) is 3.85. The van der Waals surface area contributed by atoms with E-state index < -0.39 is 0 Å². The molecule has 0 bridgehead atoms. The van der Waals surface area contributed by atoms with Gasteiger partial charge in [-0.3, -0.25) is 14.5 Å². The van der Waals surface area contributed by atoms with Crippen molar-refractivity contribution in [2.75, 3.05) is 60.5 Å². The molecule has 3 heterocycles. The molecule has 0 aliphatic carbocycles. The number of nitrogens with one attached hydrogen (secondary N) is 1. The topological polar surface area (TPSA) is 78.2 Å². The number of aliphatic imine (C=N–C) groups is 1. The van der Waals surface area contributed by atoms with Gasteiger partial charge in [-0.15, -0.1) is 24.0 Å². The lowest BCUT2D eigenvalue weighted by Crippen LogP contribution is -2.55. The van der Waals surface area contributed by atoms with Gasteiger partial charge in [0.2, 0.25) is 0 Å². The summed E-state index contributed by atoms with van der Waals surface area (Å²) in [6.45, 7) is 4.41. The number of amides is 1. The molecule has 2 unspecified atom stereocenters. The van der Waals surface area contributed by atoms with Crippen LogP contribution in [0.2, 0.25) is 0 Å². The number of carbonyl (C=O) groups is 1. The molecule has 2 fully saturated rings. The van der Waals surface area contributed by atoms with Crippen molar-refractivity contribution in [3.8, 4) is 0 Å². The summed E-state index contributed by atoms with van der Waals surface area (Å²) in [5, 5.41) is 7.78. The van der Waals surface area contributed by atoms with Crippen LogP contribution in [0.4, 0.5) is 0 Å². The molecule has 29 heavy (non-hydrogen) atoms. The van der Waals surface area contributed by atoms with Gasteiger partial charge in [-0.2, -0.15) is 5.10 Å². The quantitative estimate of drug-likeness (QED) is 0.348. The lowest BCUT2D eigenvalue weighted by Gasteiger charge is -2.37. The maximum atomic E-state index is 12.5. The Morgan fingerprint density at radius 2 is 2.03 bits per heavy atom. The highest BCUT2D eigenvalue weighted by Crippen LogP contribution is 2.17. The molecule has 0 spiro atoms. The van der Waals surface area contributed by atoms with E-state index in [-0.39, 0.29) is 42.0 Å². The van der Waals surface area contributed by atoms with Crippen LogP contribution in [-0.2, 0) is 16.6 Å². The molecule has 2 aliphatic rings. The summed E-state index contributed by atoms with van der Waals surface area (Å²) < 4.78 is 7.37. The summed E-state index contributed by atoms with van der Waals surface area (Å²) in [7, 11) is 7.87. The van der Waals surface area contributed by atoms with E-state index in [9.17, 15) is 4.79 Å². The minimum Gasteiger partial charge on any atom is -0.368 e. The van der Waals surface area contributed by atoms with Gasteiger partial charge in [0, 0.05) is 65.2 Å². The van der Waals surface area contributed by atoms with E-state index in [0.717, 1.165) is 38.4 Å². The van der Waals surface area contributed by atoms with Gasteiger partial charge in [0.25, 0.3) is 5.91 Å². The Hall–Kier alpha value is -1.40. The number of guanidine groups is 1. The van der Waals surface area contributed by atoms with Gasteiger partial charge in [0.1, 0.15) is 6.10 Å². The zero-order valence-electron chi connectivity index (χ0n) is 17.9. The SMILES string of the molecule is CN=C(NCC(c1cnn(C)c1)N(C)C)N1CCN(C(=O)C2CCCO2)CC1.I. The molecular formula is C19H34IN7O2. The number of carbonyl (C=O) groups excluding carboxylic acids is 1. The van der Waals surface area contributed by atoms with Crippen LogP contribution in [-0.4, -0.2) is 103 Å². The van der Waals surface area contributed by atoms with Gasteiger partial charge < -0.3 is 24.8 Å². The van der Waals surface area contributed by atoms with Crippen molar-refractivity contribution in [2.45, 2.75) is 25.0 Å². The summed E-state index contributed by atoms with van der Waals surface area (Å²) in [4.78, 5) is 23.3. The molecule has 1 amide bonds. The van der Waals surface area contributed by atoms with Gasteiger partial charge >= 0.3 is 0 Å². The van der Waals surface area contributed by atoms with Crippen molar-refractivity contribution in [1.82, 2.24) is 29.8 Å². The van der Waals surface area contributed by atoms with Crippen LogP contribution in [0.3, 0.4) is 0 Å². The maximum Gasteiger partial charge on any atom is 0.251 e. The Morgan fingerprint density at radius 1 is 1.34 bits per heavy atom. The highest BCUT2D eigenvalue weighted by molar-refractivity contribution is 14.0. The van der Waals surface area contributed by atoms with Crippen molar-refractivity contribution < 1.29 is 9.53 Å². The van der Waals surface area contributed by atoms with Crippen molar-refractivity contribution in [3.05, 3.63) is 18.0 Å². The molecule has 1 aromatic heterocycles. The number of likely N-dealkylation sites (N-methyl/N-ethyl adjacent to an activating group) is 1. The first kappa shape index (κ1) is 23.9. The number of piperazine rings is 1. The van der Waals surface area contributed by atoms with Crippen LogP contribution in [0, 0.1) is 0 Å². The zero-order valence-corrected chi connectivity index (χ0v) is 20.2. The molecule has 2 atom stereocenters. The van der Waals surface area contributed by atoms with Crippen LogP contribution in [0.1, 0.15) is 24.4 Å². The number of halogens is 1. The molecule has 9 nitrogen and oxygen atoms in total. The molecular weight excluding hydrogens is 485 g/mol. The number of ether oxygens (including phenoxy) is 1. The highest BCUT2D eigenvalue weighted by Gasteiger charge is 2.31. The van der Waals surface area contributed by atoms with Gasteiger partial charge in [-0.1, -0.05) is 0 Å². The second-order valence-electron chi connectivity index (χ2n) is 7.67.